The first-order valence-corrected chi connectivity index (χ1v) is 10.5. The first-order valence-electron chi connectivity index (χ1n) is 10.5. The maximum Gasteiger partial charge on any atom is 0.315 e. The number of aliphatic imine (C=N–C) groups is 1. The molecule has 6 nitrogen and oxygen atoms in total. The van der Waals surface area contributed by atoms with Crippen LogP contribution in [0.4, 0.5) is 0 Å². The number of Topliss-reactive ketones (excluding diaryl/α,β-unsaturated/α-hetero) is 1. The molecular formula is C24H31NO5. The number of allylic oxidation sites excluding steroid dienone is 2. The largest absolute Gasteiger partial charge is 0.497 e. The Morgan fingerprint density at radius 2 is 2.00 bits per heavy atom. The third-order valence-electron chi connectivity index (χ3n) is 5.69. The topological polar surface area (TPSA) is 74.2 Å². The number of carbonyl (C=O) groups is 2. The average Bonchev–Trinajstić information content (AvgIpc) is 2.69. The van der Waals surface area contributed by atoms with Crippen LogP contribution in [0.3, 0.4) is 0 Å². The standard InChI is InChI=1S/C24H31NO5/c1-6-29-10-11-30-23(27)20-15(2)25-18-13-24(3,4)14-19(26)22(18)21(20)16-8-7-9-17(12-16)28-5/h7-9,12,20-21H,6,10-11,13-14H2,1-5H3/t20?,21-/m0/s1. The third-order valence-corrected chi connectivity index (χ3v) is 5.69. The number of hydrogen-bond donors (Lipinski definition) is 0. The third kappa shape index (κ3) is 4.64. The number of hydrogen-bond acceptors (Lipinski definition) is 6. The zero-order valence-corrected chi connectivity index (χ0v) is 18.5. The number of ketones is 1. The van der Waals surface area contributed by atoms with Gasteiger partial charge in [0.25, 0.3) is 0 Å². The van der Waals surface area contributed by atoms with Crippen LogP contribution in [0.25, 0.3) is 0 Å². The summed E-state index contributed by atoms with van der Waals surface area (Å²) in [6.45, 7) is 8.97. The van der Waals surface area contributed by atoms with Gasteiger partial charge in [0.1, 0.15) is 18.3 Å². The van der Waals surface area contributed by atoms with E-state index in [9.17, 15) is 9.59 Å². The summed E-state index contributed by atoms with van der Waals surface area (Å²) in [7, 11) is 1.60. The van der Waals surface area contributed by atoms with E-state index in [2.05, 4.69) is 13.8 Å². The molecule has 0 saturated carbocycles. The van der Waals surface area contributed by atoms with Crippen molar-refractivity contribution in [2.75, 3.05) is 26.9 Å². The molecule has 0 fully saturated rings. The van der Waals surface area contributed by atoms with E-state index in [-0.39, 0.29) is 23.8 Å². The molecule has 1 aliphatic carbocycles. The van der Waals surface area contributed by atoms with Gasteiger partial charge < -0.3 is 14.2 Å². The highest BCUT2D eigenvalue weighted by Gasteiger charge is 2.46. The van der Waals surface area contributed by atoms with Crippen LogP contribution >= 0.6 is 0 Å². The van der Waals surface area contributed by atoms with Crippen molar-refractivity contribution in [3.63, 3.8) is 0 Å². The Morgan fingerprint density at radius 3 is 2.70 bits per heavy atom. The van der Waals surface area contributed by atoms with Crippen LogP contribution in [-0.4, -0.2) is 44.4 Å². The quantitative estimate of drug-likeness (QED) is 0.497. The predicted octanol–water partition coefficient (Wildman–Crippen LogP) is 4.09. The van der Waals surface area contributed by atoms with Gasteiger partial charge >= 0.3 is 5.97 Å². The van der Waals surface area contributed by atoms with Crippen molar-refractivity contribution in [3.8, 4) is 5.75 Å². The molecule has 2 atom stereocenters. The highest BCUT2D eigenvalue weighted by molar-refractivity contribution is 6.09. The number of methoxy groups -OCH3 is 1. The highest BCUT2D eigenvalue weighted by atomic mass is 16.6. The van der Waals surface area contributed by atoms with Crippen molar-refractivity contribution < 1.29 is 23.8 Å². The smallest absolute Gasteiger partial charge is 0.315 e. The fraction of sp³-hybridized carbons (Fsp3) is 0.542. The SMILES string of the molecule is CCOCCOC(=O)C1C(C)=NC2=C(C(=O)CC(C)(C)C2)[C@H]1c1cccc(OC)c1. The van der Waals surface area contributed by atoms with E-state index < -0.39 is 11.8 Å². The fourth-order valence-electron chi connectivity index (χ4n) is 4.38. The summed E-state index contributed by atoms with van der Waals surface area (Å²) in [6.07, 6.45) is 1.14. The van der Waals surface area contributed by atoms with Crippen molar-refractivity contribution in [1.82, 2.24) is 0 Å². The Balaban J connectivity index is 2.03. The number of benzene rings is 1. The molecule has 1 aromatic carbocycles. The summed E-state index contributed by atoms with van der Waals surface area (Å²) >= 11 is 0. The second kappa shape index (κ2) is 9.13. The Kier molecular flexibility index (Phi) is 6.76. The van der Waals surface area contributed by atoms with Crippen LogP contribution in [0.1, 0.15) is 52.0 Å². The predicted molar refractivity (Wildman–Crippen MR) is 115 cm³/mol. The molecule has 0 amide bonds. The van der Waals surface area contributed by atoms with Gasteiger partial charge in [0, 0.05) is 35.9 Å². The van der Waals surface area contributed by atoms with E-state index in [1.807, 2.05) is 38.1 Å². The molecule has 0 radical (unpaired) electrons. The van der Waals surface area contributed by atoms with Gasteiger partial charge in [0.05, 0.1) is 13.7 Å². The van der Waals surface area contributed by atoms with Crippen LogP contribution in [-0.2, 0) is 19.1 Å². The van der Waals surface area contributed by atoms with E-state index in [0.29, 0.717) is 43.1 Å². The van der Waals surface area contributed by atoms with Gasteiger partial charge in [-0.3, -0.25) is 14.6 Å². The molecule has 0 bridgehead atoms. The number of carbonyl (C=O) groups excluding carboxylic acids is 2. The van der Waals surface area contributed by atoms with E-state index in [0.717, 1.165) is 11.3 Å². The molecule has 162 valence electrons. The van der Waals surface area contributed by atoms with Crippen molar-refractivity contribution in [1.29, 1.82) is 0 Å². The molecule has 2 aliphatic rings. The summed E-state index contributed by atoms with van der Waals surface area (Å²) < 4.78 is 16.2. The maximum atomic E-state index is 13.2. The Labute approximate surface area is 178 Å². The monoisotopic (exact) mass is 413 g/mol. The molecule has 1 aliphatic heterocycles. The average molecular weight is 414 g/mol. The maximum absolute atomic E-state index is 13.2. The zero-order valence-electron chi connectivity index (χ0n) is 18.5. The second-order valence-electron chi connectivity index (χ2n) is 8.65. The first kappa shape index (κ1) is 22.2. The van der Waals surface area contributed by atoms with Crippen molar-refractivity contribution in [2.45, 2.75) is 46.5 Å². The zero-order chi connectivity index (χ0) is 21.9. The van der Waals surface area contributed by atoms with Crippen LogP contribution in [0.15, 0.2) is 40.5 Å². The lowest BCUT2D eigenvalue weighted by Gasteiger charge is -2.39. The van der Waals surface area contributed by atoms with Gasteiger partial charge in [-0.15, -0.1) is 0 Å². The van der Waals surface area contributed by atoms with Gasteiger partial charge in [-0.2, -0.15) is 0 Å². The number of nitrogens with zero attached hydrogens (tertiary/aromatic N) is 1. The second-order valence-corrected chi connectivity index (χ2v) is 8.65. The van der Waals surface area contributed by atoms with Crippen LogP contribution in [0, 0.1) is 11.3 Å². The summed E-state index contributed by atoms with van der Waals surface area (Å²) in [4.78, 5) is 31.0. The number of esters is 1. The minimum absolute atomic E-state index is 0.0532. The van der Waals surface area contributed by atoms with E-state index in [4.69, 9.17) is 19.2 Å². The van der Waals surface area contributed by atoms with Crippen LogP contribution in [0.2, 0.25) is 0 Å². The number of rotatable bonds is 7. The number of ether oxygens (including phenoxy) is 3. The summed E-state index contributed by atoms with van der Waals surface area (Å²) in [5, 5.41) is 0. The summed E-state index contributed by atoms with van der Waals surface area (Å²) in [5.41, 5.74) is 2.81. The molecule has 0 spiro atoms. The molecule has 0 aromatic heterocycles. The molecule has 1 aromatic rings. The van der Waals surface area contributed by atoms with Crippen molar-refractivity contribution >= 4 is 17.5 Å². The molecule has 0 N–H and O–H groups in total. The van der Waals surface area contributed by atoms with Crippen molar-refractivity contribution in [2.24, 2.45) is 16.3 Å². The summed E-state index contributed by atoms with van der Waals surface area (Å²) in [5.74, 6) is -0.731. The minimum Gasteiger partial charge on any atom is -0.497 e. The lowest BCUT2D eigenvalue weighted by Crippen LogP contribution is -2.39. The molecular weight excluding hydrogens is 382 g/mol. The van der Waals surface area contributed by atoms with E-state index in [1.54, 1.807) is 7.11 Å². The van der Waals surface area contributed by atoms with E-state index in [1.165, 1.54) is 0 Å². The Bertz CT molecular complexity index is 883. The lowest BCUT2D eigenvalue weighted by atomic mass is 9.67. The first-order chi connectivity index (χ1) is 14.3. The molecule has 1 unspecified atom stereocenters. The van der Waals surface area contributed by atoms with Gasteiger partial charge in [-0.05, 0) is 43.4 Å². The Morgan fingerprint density at radius 1 is 1.23 bits per heavy atom. The van der Waals surface area contributed by atoms with Gasteiger partial charge in [-0.1, -0.05) is 26.0 Å². The van der Waals surface area contributed by atoms with Gasteiger partial charge in [-0.25, -0.2) is 0 Å². The lowest BCUT2D eigenvalue weighted by molar-refractivity contribution is -0.148. The molecule has 0 saturated heterocycles. The summed E-state index contributed by atoms with van der Waals surface area (Å²) in [6, 6.07) is 7.55. The molecule has 30 heavy (non-hydrogen) atoms. The fourth-order valence-corrected chi connectivity index (χ4v) is 4.38. The molecule has 6 heteroatoms. The van der Waals surface area contributed by atoms with Gasteiger partial charge in [0.2, 0.25) is 0 Å². The van der Waals surface area contributed by atoms with Crippen LogP contribution < -0.4 is 4.74 Å². The molecule has 1 heterocycles. The Hall–Kier alpha value is -2.47. The van der Waals surface area contributed by atoms with E-state index >= 15 is 0 Å². The minimum atomic E-state index is -0.650. The van der Waals surface area contributed by atoms with Gasteiger partial charge in [0.15, 0.2) is 5.78 Å². The normalized spacial score (nSPS) is 23.0. The van der Waals surface area contributed by atoms with Crippen LogP contribution in [0.5, 0.6) is 5.75 Å². The van der Waals surface area contributed by atoms with Crippen molar-refractivity contribution in [3.05, 3.63) is 41.1 Å². The highest BCUT2D eigenvalue weighted by Crippen LogP contribution is 2.48. The molecule has 3 rings (SSSR count).